The summed E-state index contributed by atoms with van der Waals surface area (Å²) in [4.78, 5) is 15.5. The number of furan rings is 1. The second-order valence-corrected chi connectivity index (χ2v) is 4.95. The van der Waals surface area contributed by atoms with Crippen molar-refractivity contribution >= 4 is 17.7 Å². The zero-order valence-electron chi connectivity index (χ0n) is 10.1. The van der Waals surface area contributed by atoms with Crippen LogP contribution in [0.2, 0.25) is 0 Å². The maximum absolute atomic E-state index is 11.2. The van der Waals surface area contributed by atoms with Crippen LogP contribution in [0.1, 0.15) is 27.2 Å². The van der Waals surface area contributed by atoms with Crippen LogP contribution in [0, 0.1) is 13.8 Å². The molecule has 0 unspecified atom stereocenters. The highest BCUT2D eigenvalue weighted by molar-refractivity contribution is 7.98. The summed E-state index contributed by atoms with van der Waals surface area (Å²) in [6.45, 7) is 3.65. The van der Waals surface area contributed by atoms with Crippen LogP contribution in [0.5, 0.6) is 0 Å². The van der Waals surface area contributed by atoms with Gasteiger partial charge in [0.1, 0.15) is 5.03 Å². The molecule has 0 saturated heterocycles. The molecular weight excluding hydrogens is 250 g/mol. The quantitative estimate of drug-likeness (QED) is 0.857. The summed E-state index contributed by atoms with van der Waals surface area (Å²) in [6.07, 6.45) is 3.25. The number of hydrogen-bond acceptors (Lipinski definition) is 4. The predicted octanol–water partition coefficient (Wildman–Crippen LogP) is 3.28. The molecule has 2 aromatic rings. The summed E-state index contributed by atoms with van der Waals surface area (Å²) in [5, 5.41) is 9.78. The molecule has 0 fully saturated rings. The molecule has 0 saturated carbocycles. The second kappa shape index (κ2) is 5.27. The van der Waals surface area contributed by atoms with Gasteiger partial charge in [0.15, 0.2) is 0 Å². The smallest absolute Gasteiger partial charge is 0.338 e. The largest absolute Gasteiger partial charge is 0.478 e. The van der Waals surface area contributed by atoms with Gasteiger partial charge < -0.3 is 9.52 Å². The molecule has 0 radical (unpaired) electrons. The molecule has 0 aromatic carbocycles. The number of nitrogens with zero attached hydrogens (tertiary/aromatic N) is 1. The second-order valence-electron chi connectivity index (χ2n) is 3.99. The number of carboxylic acids is 1. The van der Waals surface area contributed by atoms with E-state index in [-0.39, 0.29) is 5.56 Å². The Kier molecular flexibility index (Phi) is 3.72. The summed E-state index contributed by atoms with van der Waals surface area (Å²) in [7, 11) is 0. The van der Waals surface area contributed by atoms with Crippen molar-refractivity contribution in [2.24, 2.45) is 0 Å². The molecule has 4 nitrogen and oxygen atoms in total. The van der Waals surface area contributed by atoms with Gasteiger partial charge >= 0.3 is 5.97 Å². The van der Waals surface area contributed by atoms with Gasteiger partial charge in [0.25, 0.3) is 0 Å². The number of aromatic nitrogens is 1. The van der Waals surface area contributed by atoms with Crippen molar-refractivity contribution in [3.8, 4) is 0 Å². The lowest BCUT2D eigenvalue weighted by atomic mass is 10.1. The summed E-state index contributed by atoms with van der Waals surface area (Å²) in [5.74, 6) is -0.290. The molecule has 0 atom stereocenters. The van der Waals surface area contributed by atoms with E-state index in [0.717, 1.165) is 16.8 Å². The van der Waals surface area contributed by atoms with E-state index in [1.54, 1.807) is 25.5 Å². The van der Waals surface area contributed by atoms with E-state index < -0.39 is 5.97 Å². The third-order valence-electron chi connectivity index (χ3n) is 2.48. The van der Waals surface area contributed by atoms with Gasteiger partial charge in [0.05, 0.1) is 18.1 Å². The van der Waals surface area contributed by atoms with E-state index in [2.05, 4.69) is 4.98 Å². The zero-order valence-corrected chi connectivity index (χ0v) is 11.0. The van der Waals surface area contributed by atoms with Gasteiger partial charge in [-0.25, -0.2) is 9.78 Å². The van der Waals surface area contributed by atoms with Crippen LogP contribution in [0.3, 0.4) is 0 Å². The van der Waals surface area contributed by atoms with Crippen molar-refractivity contribution in [3.63, 3.8) is 0 Å². The molecule has 18 heavy (non-hydrogen) atoms. The Labute approximate surface area is 109 Å². The minimum absolute atomic E-state index is 0.286. The van der Waals surface area contributed by atoms with Crippen molar-refractivity contribution in [1.29, 1.82) is 0 Å². The third kappa shape index (κ3) is 2.73. The highest BCUT2D eigenvalue weighted by Gasteiger charge is 2.16. The van der Waals surface area contributed by atoms with Crippen molar-refractivity contribution in [1.82, 2.24) is 4.98 Å². The average Bonchev–Trinajstić information content (AvgIpc) is 2.77. The molecule has 0 aliphatic carbocycles. The van der Waals surface area contributed by atoms with Gasteiger partial charge in [-0.15, -0.1) is 11.8 Å². The number of hydrogen-bond donors (Lipinski definition) is 1. The molecule has 1 N–H and O–H groups in total. The minimum Gasteiger partial charge on any atom is -0.478 e. The van der Waals surface area contributed by atoms with Crippen LogP contribution in [-0.4, -0.2) is 16.1 Å². The standard InChI is InChI=1S/C13H13NO3S/c1-8-5-9(2)14-12(11(8)13(15)16)18-7-10-3-4-17-6-10/h3-6H,7H2,1-2H3,(H,15,16). The highest BCUT2D eigenvalue weighted by atomic mass is 32.2. The molecule has 0 amide bonds. The fourth-order valence-electron chi connectivity index (χ4n) is 1.69. The number of carboxylic acid groups (broad SMARTS) is 1. The summed E-state index contributed by atoms with van der Waals surface area (Å²) in [6, 6.07) is 3.64. The number of carbonyl (C=O) groups is 1. The summed E-state index contributed by atoms with van der Waals surface area (Å²) < 4.78 is 4.98. The van der Waals surface area contributed by atoms with Gasteiger partial charge in [-0.1, -0.05) is 0 Å². The van der Waals surface area contributed by atoms with E-state index >= 15 is 0 Å². The van der Waals surface area contributed by atoms with Crippen molar-refractivity contribution in [2.45, 2.75) is 24.6 Å². The van der Waals surface area contributed by atoms with Gasteiger partial charge in [-0.2, -0.15) is 0 Å². The fraction of sp³-hybridized carbons (Fsp3) is 0.231. The molecular formula is C13H13NO3S. The predicted molar refractivity (Wildman–Crippen MR) is 68.9 cm³/mol. The first-order valence-electron chi connectivity index (χ1n) is 5.43. The molecule has 0 aliphatic rings. The molecule has 0 aliphatic heterocycles. The maximum atomic E-state index is 11.2. The Balaban J connectivity index is 2.28. The molecule has 2 heterocycles. The van der Waals surface area contributed by atoms with Crippen LogP contribution in [0.15, 0.2) is 34.1 Å². The van der Waals surface area contributed by atoms with Crippen LogP contribution < -0.4 is 0 Å². The first kappa shape index (κ1) is 12.7. The van der Waals surface area contributed by atoms with E-state index in [1.165, 1.54) is 11.8 Å². The van der Waals surface area contributed by atoms with E-state index in [9.17, 15) is 9.90 Å². The summed E-state index contributed by atoms with van der Waals surface area (Å²) in [5.41, 5.74) is 2.86. The topological polar surface area (TPSA) is 63.3 Å². The Hall–Kier alpha value is -1.75. The Morgan fingerprint density at radius 3 is 2.89 bits per heavy atom. The molecule has 0 bridgehead atoms. The average molecular weight is 263 g/mol. The van der Waals surface area contributed by atoms with Crippen molar-refractivity contribution in [3.05, 3.63) is 47.0 Å². The third-order valence-corrected chi connectivity index (χ3v) is 3.53. The first-order chi connectivity index (χ1) is 8.58. The first-order valence-corrected chi connectivity index (χ1v) is 6.42. The Morgan fingerprint density at radius 1 is 1.50 bits per heavy atom. The lowest BCUT2D eigenvalue weighted by Crippen LogP contribution is -2.05. The number of aryl methyl sites for hydroxylation is 2. The molecule has 5 heteroatoms. The van der Waals surface area contributed by atoms with Crippen molar-refractivity contribution in [2.75, 3.05) is 0 Å². The lowest BCUT2D eigenvalue weighted by Gasteiger charge is -2.08. The van der Waals surface area contributed by atoms with Gasteiger partial charge in [-0.3, -0.25) is 0 Å². The number of pyridine rings is 1. The normalized spacial score (nSPS) is 10.6. The van der Waals surface area contributed by atoms with Crippen LogP contribution >= 0.6 is 11.8 Å². The number of thioether (sulfide) groups is 1. The van der Waals surface area contributed by atoms with Gasteiger partial charge in [0.2, 0.25) is 0 Å². The van der Waals surface area contributed by atoms with Gasteiger partial charge in [-0.05, 0) is 31.5 Å². The van der Waals surface area contributed by atoms with E-state index in [1.807, 2.05) is 13.0 Å². The SMILES string of the molecule is Cc1cc(C)c(C(=O)O)c(SCc2ccoc2)n1. The van der Waals surface area contributed by atoms with Crippen molar-refractivity contribution < 1.29 is 14.3 Å². The Morgan fingerprint density at radius 2 is 2.28 bits per heavy atom. The minimum atomic E-state index is -0.935. The van der Waals surface area contributed by atoms with Crippen LogP contribution in [0.4, 0.5) is 0 Å². The fourth-order valence-corrected chi connectivity index (χ4v) is 2.76. The molecule has 2 rings (SSSR count). The monoisotopic (exact) mass is 263 g/mol. The Bertz CT molecular complexity index is 564. The highest BCUT2D eigenvalue weighted by Crippen LogP contribution is 2.27. The zero-order chi connectivity index (χ0) is 13.1. The molecule has 0 spiro atoms. The van der Waals surface area contributed by atoms with Crippen LogP contribution in [0.25, 0.3) is 0 Å². The van der Waals surface area contributed by atoms with E-state index in [0.29, 0.717) is 10.8 Å². The molecule has 94 valence electrons. The molecule has 2 aromatic heterocycles. The lowest BCUT2D eigenvalue weighted by molar-refractivity contribution is 0.0691. The van der Waals surface area contributed by atoms with Crippen LogP contribution in [-0.2, 0) is 5.75 Å². The maximum Gasteiger partial charge on any atom is 0.338 e. The van der Waals surface area contributed by atoms with E-state index in [4.69, 9.17) is 4.42 Å². The van der Waals surface area contributed by atoms with Gasteiger partial charge in [0, 0.05) is 17.0 Å². The number of aromatic carboxylic acids is 1. The summed E-state index contributed by atoms with van der Waals surface area (Å²) >= 11 is 1.41. The number of rotatable bonds is 4.